The average Bonchev–Trinajstić information content (AvgIpc) is 2.34. The number of rotatable bonds is 0. The minimum atomic E-state index is 0. The van der Waals surface area contributed by atoms with Gasteiger partial charge in [0, 0.05) is 0 Å². The van der Waals surface area contributed by atoms with Gasteiger partial charge in [-0.05, 0) is 6.92 Å². The lowest BCUT2D eigenvalue weighted by Gasteiger charge is -1.92. The Hall–Kier alpha value is -0.870. The van der Waals surface area contributed by atoms with Gasteiger partial charge in [0.25, 0.3) is 0 Å². The molecule has 6 heteroatoms. The monoisotopic (exact) mass is 204 g/mol. The van der Waals surface area contributed by atoms with Crippen LogP contribution in [0.5, 0.6) is 0 Å². The van der Waals surface area contributed by atoms with Gasteiger partial charge in [-0.1, -0.05) is 11.6 Å². The van der Waals surface area contributed by atoms with Crippen molar-refractivity contribution in [3.05, 3.63) is 17.3 Å². The van der Waals surface area contributed by atoms with E-state index in [-0.39, 0.29) is 12.4 Å². The largest absolute Gasteiger partial charge is 0.341 e. The van der Waals surface area contributed by atoms with Crippen LogP contribution in [0, 0.1) is 6.92 Å². The van der Waals surface area contributed by atoms with Gasteiger partial charge in [0.2, 0.25) is 0 Å². The Labute approximate surface area is 79.8 Å². The molecule has 64 valence electrons. The van der Waals surface area contributed by atoms with E-state index < -0.39 is 0 Å². The third kappa shape index (κ3) is 1.35. The first-order valence-electron chi connectivity index (χ1n) is 3.10. The first kappa shape index (κ1) is 9.22. The van der Waals surface area contributed by atoms with Crippen LogP contribution < -0.4 is 0 Å². The molecular weight excluding hydrogens is 199 g/mol. The van der Waals surface area contributed by atoms with Crippen LogP contribution >= 0.6 is 24.0 Å². The van der Waals surface area contributed by atoms with Crippen LogP contribution in [0.3, 0.4) is 0 Å². The molecule has 1 N–H and O–H groups in total. The number of hydrogen-bond acceptors (Lipinski definition) is 3. The normalized spacial score (nSPS) is 9.83. The van der Waals surface area contributed by atoms with Crippen molar-refractivity contribution in [1.29, 1.82) is 0 Å². The molecule has 0 aliphatic rings. The molecule has 12 heavy (non-hydrogen) atoms. The molecule has 0 aliphatic carbocycles. The Balaban J connectivity index is 0.000000720. The van der Waals surface area contributed by atoms with Gasteiger partial charge < -0.3 is 4.98 Å². The standard InChI is InChI=1S/C6H5ClN4.ClH/c1-3-10-5(7)4-6(11-3)9-2-8-4;/h2H,1H3,(H,8,9,10,11);1H. The predicted molar refractivity (Wildman–Crippen MR) is 48.7 cm³/mol. The molecule has 0 aromatic carbocycles. The van der Waals surface area contributed by atoms with Crippen molar-refractivity contribution in [1.82, 2.24) is 19.9 Å². The zero-order valence-electron chi connectivity index (χ0n) is 6.21. The van der Waals surface area contributed by atoms with Crippen LogP contribution in [-0.4, -0.2) is 19.9 Å². The van der Waals surface area contributed by atoms with E-state index in [0.717, 1.165) is 0 Å². The molecule has 0 saturated carbocycles. The maximum atomic E-state index is 5.78. The number of imidazole rings is 1. The van der Waals surface area contributed by atoms with Crippen LogP contribution in [0.25, 0.3) is 11.2 Å². The summed E-state index contributed by atoms with van der Waals surface area (Å²) in [5.74, 6) is 0.634. The molecular formula is C6H6Cl2N4. The van der Waals surface area contributed by atoms with Crippen molar-refractivity contribution >= 4 is 35.2 Å². The molecule has 0 unspecified atom stereocenters. The summed E-state index contributed by atoms with van der Waals surface area (Å²) in [6, 6.07) is 0. The smallest absolute Gasteiger partial charge is 0.182 e. The van der Waals surface area contributed by atoms with Crippen molar-refractivity contribution < 1.29 is 0 Å². The molecule has 0 aliphatic heterocycles. The van der Waals surface area contributed by atoms with Crippen molar-refractivity contribution in [2.24, 2.45) is 0 Å². The summed E-state index contributed by atoms with van der Waals surface area (Å²) in [4.78, 5) is 14.8. The fourth-order valence-corrected chi connectivity index (χ4v) is 1.16. The Morgan fingerprint density at radius 1 is 1.42 bits per heavy atom. The summed E-state index contributed by atoms with van der Waals surface area (Å²) in [5, 5.41) is 0.421. The number of aromatic nitrogens is 4. The second-order valence-corrected chi connectivity index (χ2v) is 2.52. The molecule has 2 heterocycles. The predicted octanol–water partition coefficient (Wildman–Crippen LogP) is 1.74. The minimum Gasteiger partial charge on any atom is -0.341 e. The number of halogens is 2. The summed E-state index contributed by atoms with van der Waals surface area (Å²) in [6.07, 6.45) is 1.55. The highest BCUT2D eigenvalue weighted by atomic mass is 35.5. The summed E-state index contributed by atoms with van der Waals surface area (Å²) in [6.45, 7) is 1.78. The second-order valence-electron chi connectivity index (χ2n) is 2.16. The first-order valence-corrected chi connectivity index (χ1v) is 3.48. The quantitative estimate of drug-likeness (QED) is 0.666. The number of H-pyrrole nitrogens is 1. The van der Waals surface area contributed by atoms with Gasteiger partial charge >= 0.3 is 0 Å². The van der Waals surface area contributed by atoms with E-state index >= 15 is 0 Å². The Morgan fingerprint density at radius 3 is 2.92 bits per heavy atom. The molecule has 0 radical (unpaired) electrons. The summed E-state index contributed by atoms with van der Waals surface area (Å²) in [7, 11) is 0. The molecule has 0 fully saturated rings. The molecule has 0 saturated heterocycles. The third-order valence-corrected chi connectivity index (χ3v) is 1.63. The molecule has 2 aromatic heterocycles. The van der Waals surface area contributed by atoms with E-state index in [0.29, 0.717) is 22.1 Å². The number of hydrogen-bond donors (Lipinski definition) is 1. The van der Waals surface area contributed by atoms with Gasteiger partial charge in [-0.2, -0.15) is 0 Å². The van der Waals surface area contributed by atoms with E-state index in [1.165, 1.54) is 0 Å². The number of aryl methyl sites for hydroxylation is 1. The van der Waals surface area contributed by atoms with Gasteiger partial charge in [0.15, 0.2) is 10.8 Å². The Kier molecular flexibility index (Phi) is 2.49. The number of nitrogens with one attached hydrogen (secondary N) is 1. The van der Waals surface area contributed by atoms with Crippen molar-refractivity contribution in [3.8, 4) is 0 Å². The van der Waals surface area contributed by atoms with Crippen LogP contribution in [0.2, 0.25) is 5.15 Å². The molecule has 0 bridgehead atoms. The molecule has 2 aromatic rings. The molecule has 0 atom stereocenters. The van der Waals surface area contributed by atoms with E-state index in [1.807, 2.05) is 0 Å². The van der Waals surface area contributed by atoms with E-state index in [2.05, 4.69) is 19.9 Å². The summed E-state index contributed by atoms with van der Waals surface area (Å²) in [5.41, 5.74) is 1.31. The van der Waals surface area contributed by atoms with Crippen molar-refractivity contribution in [2.75, 3.05) is 0 Å². The summed E-state index contributed by atoms with van der Waals surface area (Å²) >= 11 is 5.78. The highest BCUT2D eigenvalue weighted by molar-refractivity contribution is 6.33. The number of nitrogens with zero attached hydrogens (tertiary/aromatic N) is 3. The third-order valence-electron chi connectivity index (χ3n) is 1.35. The summed E-state index contributed by atoms with van der Waals surface area (Å²) < 4.78 is 0. The first-order chi connectivity index (χ1) is 5.27. The van der Waals surface area contributed by atoms with Crippen LogP contribution in [0.15, 0.2) is 6.33 Å². The maximum Gasteiger partial charge on any atom is 0.182 e. The second kappa shape index (κ2) is 3.25. The van der Waals surface area contributed by atoms with Gasteiger partial charge in [-0.3, -0.25) is 0 Å². The molecule has 0 spiro atoms. The van der Waals surface area contributed by atoms with Crippen molar-refractivity contribution in [3.63, 3.8) is 0 Å². The zero-order valence-corrected chi connectivity index (χ0v) is 7.78. The molecule has 4 nitrogen and oxygen atoms in total. The van der Waals surface area contributed by atoms with E-state index in [4.69, 9.17) is 11.6 Å². The fraction of sp³-hybridized carbons (Fsp3) is 0.167. The zero-order chi connectivity index (χ0) is 7.84. The van der Waals surface area contributed by atoms with Gasteiger partial charge in [0.1, 0.15) is 11.3 Å². The van der Waals surface area contributed by atoms with Crippen LogP contribution in [0.1, 0.15) is 5.82 Å². The topological polar surface area (TPSA) is 54.5 Å². The highest BCUT2D eigenvalue weighted by Gasteiger charge is 2.03. The lowest BCUT2D eigenvalue weighted by atomic mass is 10.5. The van der Waals surface area contributed by atoms with Crippen molar-refractivity contribution in [2.45, 2.75) is 6.92 Å². The maximum absolute atomic E-state index is 5.78. The van der Waals surface area contributed by atoms with Gasteiger partial charge in [-0.15, -0.1) is 12.4 Å². The van der Waals surface area contributed by atoms with Gasteiger partial charge in [-0.25, -0.2) is 15.0 Å². The SMILES string of the molecule is Cc1nc(Cl)c2[nH]cnc2n1.Cl. The van der Waals surface area contributed by atoms with Gasteiger partial charge in [0.05, 0.1) is 6.33 Å². The Morgan fingerprint density at radius 2 is 2.17 bits per heavy atom. The van der Waals surface area contributed by atoms with Crippen LogP contribution in [-0.2, 0) is 0 Å². The average molecular weight is 205 g/mol. The minimum absolute atomic E-state index is 0. The highest BCUT2D eigenvalue weighted by Crippen LogP contribution is 2.15. The number of fused-ring (bicyclic) bond motifs is 1. The number of aromatic amines is 1. The fourth-order valence-electron chi connectivity index (χ4n) is 0.900. The Bertz CT molecular complexity index is 397. The van der Waals surface area contributed by atoms with E-state index in [9.17, 15) is 0 Å². The van der Waals surface area contributed by atoms with Crippen LogP contribution in [0.4, 0.5) is 0 Å². The van der Waals surface area contributed by atoms with E-state index in [1.54, 1.807) is 13.3 Å². The lowest BCUT2D eigenvalue weighted by molar-refractivity contribution is 1.08. The molecule has 0 amide bonds. The molecule has 2 rings (SSSR count). The lowest BCUT2D eigenvalue weighted by Crippen LogP contribution is -1.88.